The molecule has 0 aromatic carbocycles. The number of fused-ring (bicyclic) bond motifs is 1. The number of aliphatic carboxylic acids is 1. The number of imidazole rings is 1. The number of nitrogens with one attached hydrogen (secondary N) is 2. The molecule has 0 bridgehead atoms. The molecule has 26 nitrogen and oxygen atoms in total. The van der Waals surface area contributed by atoms with Crippen LogP contribution < -0.4 is 16.4 Å². The number of thioether (sulfide) groups is 1. The predicted octanol–water partition coefficient (Wildman–Crippen LogP) is -3.38. The van der Waals surface area contributed by atoms with E-state index < -0.39 is 102 Å². The van der Waals surface area contributed by atoms with Crippen molar-refractivity contribution in [1.29, 1.82) is 0 Å². The second kappa shape index (κ2) is 25.5. The summed E-state index contributed by atoms with van der Waals surface area (Å²) in [5.41, 5.74) is 4.19. The van der Waals surface area contributed by atoms with Crippen molar-refractivity contribution in [2.24, 2.45) is 5.41 Å². The minimum atomic E-state index is -5.59. The van der Waals surface area contributed by atoms with E-state index >= 15 is 0 Å². The van der Waals surface area contributed by atoms with Gasteiger partial charge in [-0.3, -0.25) is 37.3 Å². The number of nitrogens with zero attached hydrogens (tertiary/aromatic N) is 4. The summed E-state index contributed by atoms with van der Waals surface area (Å²) in [6.45, 7) is 0.132. The Kier molecular flexibility index (Phi) is 26.2. The number of hydrogen-bond donors (Lipinski definition) is 10. The fourth-order valence-corrected chi connectivity index (χ4v) is 7.96. The molecule has 34 heteroatoms. The molecule has 2 aromatic rings. The minimum absolute atomic E-state index is 0. The third kappa shape index (κ3) is 18.8. The van der Waals surface area contributed by atoms with Crippen LogP contribution in [0, 0.1) is 5.41 Å². The first kappa shape index (κ1) is 59.5. The molecule has 11 N–H and O–H groups in total. The van der Waals surface area contributed by atoms with Crippen molar-refractivity contribution >= 4 is 151 Å². The second-order valence-electron chi connectivity index (χ2n) is 11.9. The number of anilines is 1. The summed E-state index contributed by atoms with van der Waals surface area (Å²) in [6.07, 6.45) is -7.78. The number of carbonyl (C=O) groups excluding carboxylic acids is 3. The van der Waals surface area contributed by atoms with E-state index in [1.807, 2.05) is 0 Å². The van der Waals surface area contributed by atoms with Crippen molar-refractivity contribution in [2.45, 2.75) is 57.3 Å². The van der Waals surface area contributed by atoms with Crippen LogP contribution in [0.4, 0.5) is 5.82 Å². The molecule has 1 fully saturated rings. The number of amides is 2. The second-order valence-corrected chi connectivity index (χ2v) is 17.2. The Bertz CT molecular complexity index is 1850. The average Bonchev–Trinajstić information content (AvgIpc) is 3.60. The van der Waals surface area contributed by atoms with Gasteiger partial charge in [0.15, 0.2) is 22.8 Å². The zero-order chi connectivity index (χ0) is 40.6. The summed E-state index contributed by atoms with van der Waals surface area (Å²) < 4.78 is 61.8. The topological polar surface area (TPSA) is 401 Å². The monoisotopic (exact) mass is 881 g/mol. The van der Waals surface area contributed by atoms with E-state index in [4.69, 9.17) is 24.6 Å². The number of aliphatic hydroxyl groups excluding tert-OH is 2. The molecule has 4 radical (unpaired) electrons. The Morgan fingerprint density at radius 2 is 1.62 bits per heavy atom. The van der Waals surface area contributed by atoms with Crippen molar-refractivity contribution in [2.75, 3.05) is 37.8 Å². The fourth-order valence-electron chi connectivity index (χ4n) is 4.47. The quantitative estimate of drug-likeness (QED) is 0.0253. The van der Waals surface area contributed by atoms with E-state index in [0.29, 0.717) is 0 Å². The molecule has 2 aromatic heterocycles. The number of carboxylic acids is 1. The molecular weight excluding hydrogens is 843 g/mol. The Morgan fingerprint density at radius 3 is 2.22 bits per heavy atom. The standard InChI is InChI=1S/C24H38N7O19P3S.4Li/c1-24(2,19(37)22(38)27-4-3-13(32)26-5-6-54-15(35)7-14(33)34)9-47-53(44,45)50-52(42,43)46-8-12-18(49-51(39,40)41)17(36)23(48-12)31-11-30-16-20(25)28-10-29-21(16)31;;;;/h10-12,17-19,23,36-37H,3-9H2,1-2H3,(H,26,32)(H,27,38)(H,33,34)(H,42,43)(H,44,45)(H2,25,28,29)(H2,39,40,41);;;;/t12-,17-,18-,19+,23-;;;;/m1..../s1. The summed E-state index contributed by atoms with van der Waals surface area (Å²) in [5, 5.41) is 34.0. The molecule has 58 heavy (non-hydrogen) atoms. The van der Waals surface area contributed by atoms with E-state index in [2.05, 4.69) is 34.4 Å². The van der Waals surface area contributed by atoms with E-state index in [9.17, 15) is 62.7 Å². The molecule has 1 saturated heterocycles. The number of ether oxygens (including phenoxy) is 1. The zero-order valence-corrected chi connectivity index (χ0v) is 35.6. The molecule has 1 aliphatic rings. The summed E-state index contributed by atoms with van der Waals surface area (Å²) in [6, 6.07) is 0. The maximum atomic E-state index is 12.6. The Hall–Kier alpha value is -0.580. The van der Waals surface area contributed by atoms with E-state index in [1.54, 1.807) is 0 Å². The Labute approximate surface area is 381 Å². The van der Waals surface area contributed by atoms with Crippen LogP contribution in [0.3, 0.4) is 0 Å². The SMILES string of the molecule is CC(C)(COP(=O)(O)OP(=O)(O)OC[C@H]1O[C@@H](n2cnc3c(N)ncnc32)[C@H](O)[C@@H]1OP(=O)(O)O)[C@@H](O)C(=O)NCCC(=O)NCCSC(=O)CC(=O)O.[Li].[Li].[Li].[Li]. The number of nitrogens with two attached hydrogens (primary N) is 1. The third-order valence-corrected chi connectivity index (χ3v) is 11.0. The van der Waals surface area contributed by atoms with Crippen LogP contribution in [-0.2, 0) is 55.5 Å². The minimum Gasteiger partial charge on any atom is -0.481 e. The van der Waals surface area contributed by atoms with Crippen LogP contribution in [0.25, 0.3) is 11.2 Å². The van der Waals surface area contributed by atoms with Gasteiger partial charge in [-0.15, -0.1) is 0 Å². The number of phosphoric acid groups is 3. The first-order valence-electron chi connectivity index (χ1n) is 15.2. The van der Waals surface area contributed by atoms with E-state index in [1.165, 1.54) is 13.8 Å². The Balaban J connectivity index is 0. The molecule has 3 heterocycles. The molecule has 0 saturated carbocycles. The molecule has 308 valence electrons. The van der Waals surface area contributed by atoms with Crippen LogP contribution in [-0.4, -0.2) is 209 Å². The van der Waals surface area contributed by atoms with Crippen LogP contribution in [0.1, 0.15) is 32.9 Å². The largest absolute Gasteiger partial charge is 0.481 e. The van der Waals surface area contributed by atoms with Gasteiger partial charge in [-0.25, -0.2) is 28.6 Å². The van der Waals surface area contributed by atoms with Crippen LogP contribution in [0.2, 0.25) is 0 Å². The third-order valence-electron chi connectivity index (χ3n) is 7.06. The number of phosphoric ester groups is 3. The predicted molar refractivity (Wildman–Crippen MR) is 202 cm³/mol. The van der Waals surface area contributed by atoms with Crippen molar-refractivity contribution in [1.82, 2.24) is 30.2 Å². The van der Waals surface area contributed by atoms with E-state index in [-0.39, 0.29) is 118 Å². The maximum Gasteiger partial charge on any atom is 0.481 e. The van der Waals surface area contributed by atoms with Gasteiger partial charge >= 0.3 is 29.4 Å². The van der Waals surface area contributed by atoms with Crippen molar-refractivity contribution < 1.29 is 90.4 Å². The number of carbonyl (C=O) groups is 4. The van der Waals surface area contributed by atoms with Gasteiger partial charge in [0, 0.05) is 106 Å². The molecule has 2 unspecified atom stereocenters. The van der Waals surface area contributed by atoms with Gasteiger partial charge in [0.25, 0.3) is 0 Å². The first-order chi connectivity index (χ1) is 24.9. The van der Waals surface area contributed by atoms with Crippen LogP contribution >= 0.6 is 35.2 Å². The number of hydrogen-bond acceptors (Lipinski definition) is 19. The van der Waals surface area contributed by atoms with Gasteiger partial charge in [-0.05, 0) is 0 Å². The van der Waals surface area contributed by atoms with E-state index in [0.717, 1.165) is 29.0 Å². The van der Waals surface area contributed by atoms with Gasteiger partial charge in [-0.1, -0.05) is 25.6 Å². The van der Waals surface area contributed by atoms with Gasteiger partial charge < -0.3 is 56.0 Å². The fraction of sp³-hybridized carbons (Fsp3) is 0.625. The molecule has 2 amide bonds. The zero-order valence-electron chi connectivity index (χ0n) is 32.1. The normalized spacial score (nSPS) is 20.4. The number of rotatable bonds is 21. The summed E-state index contributed by atoms with van der Waals surface area (Å²) in [5.74, 6) is -2.80. The molecule has 0 spiro atoms. The van der Waals surface area contributed by atoms with Gasteiger partial charge in [0.05, 0.1) is 19.5 Å². The molecule has 3 rings (SSSR count). The van der Waals surface area contributed by atoms with Gasteiger partial charge in [0.2, 0.25) is 11.8 Å². The number of nitrogen functional groups attached to an aromatic ring is 1. The number of aromatic nitrogens is 4. The molecule has 7 atom stereocenters. The summed E-state index contributed by atoms with van der Waals surface area (Å²) in [7, 11) is -16.4. The molecular formula is C24H38Li4N7O19P3S. The number of aliphatic hydroxyl groups is 2. The number of carboxylic acid groups (broad SMARTS) is 1. The maximum absolute atomic E-state index is 12.6. The smallest absolute Gasteiger partial charge is 0.481 e. The molecule has 1 aliphatic heterocycles. The summed E-state index contributed by atoms with van der Waals surface area (Å²) >= 11 is 0.718. The first-order valence-corrected chi connectivity index (χ1v) is 20.7. The van der Waals surface area contributed by atoms with Crippen molar-refractivity contribution in [3.05, 3.63) is 12.7 Å². The molecule has 0 aliphatic carbocycles. The van der Waals surface area contributed by atoms with Crippen molar-refractivity contribution in [3.8, 4) is 0 Å². The average molecular weight is 881 g/mol. The summed E-state index contributed by atoms with van der Waals surface area (Å²) in [4.78, 5) is 97.0. The van der Waals surface area contributed by atoms with Crippen LogP contribution in [0.15, 0.2) is 12.7 Å². The van der Waals surface area contributed by atoms with Crippen molar-refractivity contribution in [3.63, 3.8) is 0 Å². The van der Waals surface area contributed by atoms with Crippen LogP contribution in [0.5, 0.6) is 0 Å². The van der Waals surface area contributed by atoms with Gasteiger partial charge in [-0.2, -0.15) is 4.31 Å². The Morgan fingerprint density at radius 1 is 1.00 bits per heavy atom. The van der Waals surface area contributed by atoms with Gasteiger partial charge in [0.1, 0.15) is 42.7 Å².